The Morgan fingerprint density at radius 1 is 0.636 bits per heavy atom. The number of hydrogen-bond donors (Lipinski definition) is 0. The van der Waals surface area contributed by atoms with Gasteiger partial charge in [-0.25, -0.2) is 0 Å². The quantitative estimate of drug-likeness (QED) is 0.649. The predicted octanol–water partition coefficient (Wildman–Crippen LogP) is 5.25. The summed E-state index contributed by atoms with van der Waals surface area (Å²) in [5.41, 5.74) is 6.14. The Bertz CT molecular complexity index is 713. The Labute approximate surface area is 136 Å². The van der Waals surface area contributed by atoms with Crippen molar-refractivity contribution in [1.29, 1.82) is 0 Å². The minimum Gasteiger partial charge on any atom is -0.378 e. The summed E-state index contributed by atoms with van der Waals surface area (Å²) in [5, 5.41) is 4.29. The molecule has 3 rings (SSSR count). The molecule has 0 saturated heterocycles. The lowest BCUT2D eigenvalue weighted by Gasteiger charge is -2.21. The van der Waals surface area contributed by atoms with E-state index in [1.807, 2.05) is 0 Å². The van der Waals surface area contributed by atoms with Crippen molar-refractivity contribution >= 4 is 28.4 Å². The van der Waals surface area contributed by atoms with Crippen LogP contribution in [0.25, 0.3) is 11.1 Å². The summed E-state index contributed by atoms with van der Waals surface area (Å²) in [6.07, 6.45) is 0. The first-order valence-corrected chi connectivity index (χ1v) is 8.23. The Kier molecular flexibility index (Phi) is 4.16. The summed E-state index contributed by atoms with van der Waals surface area (Å²) in [6.45, 7) is 0. The number of anilines is 3. The maximum Gasteiger partial charge on any atom is 0.0409 e. The largest absolute Gasteiger partial charge is 0.378 e. The van der Waals surface area contributed by atoms with E-state index in [1.165, 1.54) is 28.2 Å². The lowest BCUT2D eigenvalue weighted by atomic mass is 10.1. The second-order valence-corrected chi connectivity index (χ2v) is 6.31. The number of hydrogen-bond acceptors (Lipinski definition) is 3. The van der Waals surface area contributed by atoms with Gasteiger partial charge in [0.1, 0.15) is 0 Å². The third-order valence-electron chi connectivity index (χ3n) is 3.86. The van der Waals surface area contributed by atoms with Crippen LogP contribution in [0, 0.1) is 0 Å². The molecule has 1 aromatic heterocycles. The molecule has 2 nitrogen and oxygen atoms in total. The zero-order valence-electron chi connectivity index (χ0n) is 13.2. The summed E-state index contributed by atoms with van der Waals surface area (Å²) in [6, 6.07) is 19.5. The summed E-state index contributed by atoms with van der Waals surface area (Å²) >= 11 is 1.73. The number of thiophene rings is 1. The fraction of sp³-hybridized carbons (Fsp3) is 0.158. The molecule has 0 radical (unpaired) electrons. The van der Waals surface area contributed by atoms with Crippen molar-refractivity contribution in [2.24, 2.45) is 0 Å². The predicted molar refractivity (Wildman–Crippen MR) is 98.6 cm³/mol. The van der Waals surface area contributed by atoms with E-state index in [2.05, 4.69) is 96.3 Å². The van der Waals surface area contributed by atoms with Gasteiger partial charge >= 0.3 is 0 Å². The first kappa shape index (κ1) is 14.7. The average molecular weight is 308 g/mol. The number of benzene rings is 2. The maximum atomic E-state index is 2.21. The standard InChI is InChI=1S/C19H20N2S/c1-20(2)17-8-10-19(11-9-17)21(3)18-6-4-15(5-7-18)16-12-13-22-14-16/h4-14H,1-3H3. The molecule has 2 aromatic carbocycles. The van der Waals surface area contributed by atoms with Gasteiger partial charge in [0, 0.05) is 38.2 Å². The molecule has 1 heterocycles. The molecule has 0 N–H and O–H groups in total. The third-order valence-corrected chi connectivity index (χ3v) is 4.55. The summed E-state index contributed by atoms with van der Waals surface area (Å²) < 4.78 is 0. The normalized spacial score (nSPS) is 10.5. The Morgan fingerprint density at radius 3 is 1.68 bits per heavy atom. The highest BCUT2D eigenvalue weighted by atomic mass is 32.1. The van der Waals surface area contributed by atoms with Crippen LogP contribution in [0.15, 0.2) is 65.4 Å². The van der Waals surface area contributed by atoms with Crippen molar-refractivity contribution in [3.05, 3.63) is 65.4 Å². The highest BCUT2D eigenvalue weighted by molar-refractivity contribution is 7.08. The fourth-order valence-electron chi connectivity index (χ4n) is 2.43. The zero-order valence-corrected chi connectivity index (χ0v) is 14.0. The van der Waals surface area contributed by atoms with Crippen molar-refractivity contribution in [2.75, 3.05) is 30.9 Å². The van der Waals surface area contributed by atoms with Crippen LogP contribution in [0.4, 0.5) is 17.1 Å². The summed E-state index contributed by atoms with van der Waals surface area (Å²) in [5.74, 6) is 0. The molecular formula is C19H20N2S. The molecule has 0 aliphatic carbocycles. The van der Waals surface area contributed by atoms with Gasteiger partial charge in [0.2, 0.25) is 0 Å². The van der Waals surface area contributed by atoms with Gasteiger partial charge in [-0.15, -0.1) is 0 Å². The molecule has 0 spiro atoms. The Hall–Kier alpha value is -2.26. The summed E-state index contributed by atoms with van der Waals surface area (Å²) in [4.78, 5) is 4.32. The Morgan fingerprint density at radius 2 is 1.18 bits per heavy atom. The van der Waals surface area contributed by atoms with Crippen LogP contribution in [0.5, 0.6) is 0 Å². The second-order valence-electron chi connectivity index (χ2n) is 5.53. The van der Waals surface area contributed by atoms with E-state index < -0.39 is 0 Å². The van der Waals surface area contributed by atoms with Crippen LogP contribution in [0.2, 0.25) is 0 Å². The topological polar surface area (TPSA) is 6.48 Å². The molecule has 22 heavy (non-hydrogen) atoms. The van der Waals surface area contributed by atoms with Gasteiger partial charge in [0.15, 0.2) is 0 Å². The van der Waals surface area contributed by atoms with Gasteiger partial charge in [-0.2, -0.15) is 11.3 Å². The molecule has 0 aliphatic heterocycles. The summed E-state index contributed by atoms with van der Waals surface area (Å²) in [7, 11) is 6.22. The molecular weight excluding hydrogens is 288 g/mol. The monoisotopic (exact) mass is 308 g/mol. The lowest BCUT2D eigenvalue weighted by Crippen LogP contribution is -2.11. The maximum absolute atomic E-state index is 2.21. The fourth-order valence-corrected chi connectivity index (χ4v) is 3.09. The smallest absolute Gasteiger partial charge is 0.0409 e. The second kappa shape index (κ2) is 6.24. The third kappa shape index (κ3) is 3.00. The minimum atomic E-state index is 1.19. The molecule has 0 bridgehead atoms. The van der Waals surface area contributed by atoms with Gasteiger partial charge in [-0.3, -0.25) is 0 Å². The molecule has 0 fully saturated rings. The van der Waals surface area contributed by atoms with E-state index in [9.17, 15) is 0 Å². The highest BCUT2D eigenvalue weighted by Gasteiger charge is 2.05. The van der Waals surface area contributed by atoms with Crippen molar-refractivity contribution < 1.29 is 0 Å². The molecule has 0 amide bonds. The number of nitrogens with zero attached hydrogens (tertiary/aromatic N) is 2. The van der Waals surface area contributed by atoms with Gasteiger partial charge in [-0.1, -0.05) is 12.1 Å². The molecule has 0 saturated carbocycles. The molecule has 3 aromatic rings. The zero-order chi connectivity index (χ0) is 15.5. The molecule has 112 valence electrons. The SMILES string of the molecule is CN(C)c1ccc(N(C)c2ccc(-c3ccsc3)cc2)cc1. The first-order chi connectivity index (χ1) is 10.6. The molecule has 0 atom stereocenters. The van der Waals surface area contributed by atoms with E-state index in [0.29, 0.717) is 0 Å². The van der Waals surface area contributed by atoms with Crippen LogP contribution in [-0.2, 0) is 0 Å². The first-order valence-electron chi connectivity index (χ1n) is 7.29. The van der Waals surface area contributed by atoms with Crippen LogP contribution in [-0.4, -0.2) is 21.1 Å². The van der Waals surface area contributed by atoms with E-state index in [0.717, 1.165) is 0 Å². The van der Waals surface area contributed by atoms with Crippen molar-refractivity contribution in [3.8, 4) is 11.1 Å². The van der Waals surface area contributed by atoms with E-state index in [-0.39, 0.29) is 0 Å². The molecule has 0 unspecified atom stereocenters. The number of rotatable bonds is 4. The van der Waals surface area contributed by atoms with Crippen LogP contribution in [0.1, 0.15) is 0 Å². The van der Waals surface area contributed by atoms with E-state index in [4.69, 9.17) is 0 Å². The van der Waals surface area contributed by atoms with Crippen molar-refractivity contribution in [2.45, 2.75) is 0 Å². The molecule has 3 heteroatoms. The minimum absolute atomic E-state index is 1.19. The van der Waals surface area contributed by atoms with Crippen LogP contribution in [0.3, 0.4) is 0 Å². The Balaban J connectivity index is 1.81. The van der Waals surface area contributed by atoms with Gasteiger partial charge in [0.25, 0.3) is 0 Å². The van der Waals surface area contributed by atoms with Gasteiger partial charge < -0.3 is 9.80 Å². The lowest BCUT2D eigenvalue weighted by molar-refractivity contribution is 1.13. The van der Waals surface area contributed by atoms with E-state index >= 15 is 0 Å². The van der Waals surface area contributed by atoms with E-state index in [1.54, 1.807) is 11.3 Å². The van der Waals surface area contributed by atoms with Crippen LogP contribution >= 0.6 is 11.3 Å². The molecule has 0 aliphatic rings. The van der Waals surface area contributed by atoms with Crippen LogP contribution < -0.4 is 9.80 Å². The average Bonchev–Trinajstić information content (AvgIpc) is 3.09. The highest BCUT2D eigenvalue weighted by Crippen LogP contribution is 2.28. The van der Waals surface area contributed by atoms with Crippen molar-refractivity contribution in [3.63, 3.8) is 0 Å². The van der Waals surface area contributed by atoms with Gasteiger partial charge in [-0.05, 0) is 64.4 Å². The van der Waals surface area contributed by atoms with Gasteiger partial charge in [0.05, 0.1) is 0 Å². The van der Waals surface area contributed by atoms with Crippen molar-refractivity contribution in [1.82, 2.24) is 0 Å².